The molecule has 5 nitrogen and oxygen atoms in total. The zero-order valence-electron chi connectivity index (χ0n) is 14.7. The molecule has 1 aromatic heterocycles. The maximum absolute atomic E-state index is 4.70. The molecule has 0 spiro atoms. The summed E-state index contributed by atoms with van der Waals surface area (Å²) in [5, 5.41) is 10.8. The predicted molar refractivity (Wildman–Crippen MR) is 111 cm³/mol. The fourth-order valence-corrected chi connectivity index (χ4v) is 2.29. The molecule has 132 valence electrons. The zero-order chi connectivity index (χ0) is 16.5. The standard InChI is InChI=1S/C18H27N5.HI/c1-4-19-18(20-11-13-23-12-5-10-22-23)21-14-16(3)17-8-6-15(2)7-9-17;/h5-10,12,16H,4,11,13-14H2,1-3H3,(H2,19,20,21);1H. The van der Waals surface area contributed by atoms with E-state index >= 15 is 0 Å². The van der Waals surface area contributed by atoms with Crippen LogP contribution in [-0.2, 0) is 6.54 Å². The summed E-state index contributed by atoms with van der Waals surface area (Å²) in [4.78, 5) is 4.70. The molecule has 0 saturated heterocycles. The van der Waals surface area contributed by atoms with Gasteiger partial charge in [0, 0.05) is 37.9 Å². The number of hydrogen-bond acceptors (Lipinski definition) is 2. The van der Waals surface area contributed by atoms with Gasteiger partial charge in [0.15, 0.2) is 5.96 Å². The van der Waals surface area contributed by atoms with Gasteiger partial charge in [-0.25, -0.2) is 0 Å². The quantitative estimate of drug-likeness (QED) is 0.394. The van der Waals surface area contributed by atoms with Crippen molar-refractivity contribution in [1.29, 1.82) is 0 Å². The number of rotatable bonds is 7. The number of benzene rings is 1. The Balaban J connectivity index is 0.00000288. The van der Waals surface area contributed by atoms with Crippen LogP contribution < -0.4 is 10.6 Å². The summed E-state index contributed by atoms with van der Waals surface area (Å²) in [5.41, 5.74) is 2.62. The van der Waals surface area contributed by atoms with Crippen LogP contribution >= 0.6 is 24.0 Å². The third kappa shape index (κ3) is 6.90. The van der Waals surface area contributed by atoms with Crippen molar-refractivity contribution in [3.8, 4) is 0 Å². The highest BCUT2D eigenvalue weighted by atomic mass is 127. The fraction of sp³-hybridized carbons (Fsp3) is 0.444. The second-order valence-electron chi connectivity index (χ2n) is 5.73. The molecule has 1 heterocycles. The molecule has 1 unspecified atom stereocenters. The molecule has 0 aliphatic carbocycles. The van der Waals surface area contributed by atoms with Crippen LogP contribution in [0.3, 0.4) is 0 Å². The van der Waals surface area contributed by atoms with Gasteiger partial charge in [0.05, 0.1) is 6.54 Å². The van der Waals surface area contributed by atoms with Gasteiger partial charge >= 0.3 is 0 Å². The van der Waals surface area contributed by atoms with E-state index in [1.54, 1.807) is 6.20 Å². The lowest BCUT2D eigenvalue weighted by molar-refractivity contribution is 0.597. The van der Waals surface area contributed by atoms with Crippen LogP contribution in [0.25, 0.3) is 0 Å². The van der Waals surface area contributed by atoms with Crippen molar-refractivity contribution in [1.82, 2.24) is 20.4 Å². The number of nitrogens with one attached hydrogen (secondary N) is 2. The van der Waals surface area contributed by atoms with Crippen LogP contribution in [0.4, 0.5) is 0 Å². The molecule has 24 heavy (non-hydrogen) atoms. The lowest BCUT2D eigenvalue weighted by atomic mass is 10.0. The molecule has 0 aliphatic heterocycles. The molecule has 1 atom stereocenters. The second kappa shape index (κ2) is 11.1. The van der Waals surface area contributed by atoms with Crippen LogP contribution in [0.15, 0.2) is 47.7 Å². The first-order valence-electron chi connectivity index (χ1n) is 8.25. The van der Waals surface area contributed by atoms with Crippen LogP contribution in [0, 0.1) is 6.92 Å². The number of aromatic nitrogens is 2. The number of aryl methyl sites for hydroxylation is 1. The Kier molecular flexibility index (Phi) is 9.44. The zero-order valence-corrected chi connectivity index (χ0v) is 17.0. The van der Waals surface area contributed by atoms with E-state index in [0.717, 1.165) is 32.1 Å². The van der Waals surface area contributed by atoms with E-state index in [0.29, 0.717) is 5.92 Å². The maximum Gasteiger partial charge on any atom is 0.191 e. The topological polar surface area (TPSA) is 54.2 Å². The van der Waals surface area contributed by atoms with Crippen molar-refractivity contribution < 1.29 is 0 Å². The Hall–Kier alpha value is -1.57. The van der Waals surface area contributed by atoms with Crippen molar-refractivity contribution in [3.63, 3.8) is 0 Å². The molecule has 0 fully saturated rings. The lowest BCUT2D eigenvalue weighted by Crippen LogP contribution is -2.39. The molecular formula is C18H28IN5. The van der Waals surface area contributed by atoms with E-state index in [1.165, 1.54) is 11.1 Å². The minimum atomic E-state index is 0. The Morgan fingerprint density at radius 2 is 2.00 bits per heavy atom. The van der Waals surface area contributed by atoms with Crippen molar-refractivity contribution in [2.75, 3.05) is 19.6 Å². The highest BCUT2D eigenvalue weighted by Gasteiger charge is 2.05. The molecule has 0 amide bonds. The summed E-state index contributed by atoms with van der Waals surface area (Å²) in [5.74, 6) is 1.26. The predicted octanol–water partition coefficient (Wildman–Crippen LogP) is 3.17. The lowest BCUT2D eigenvalue weighted by Gasteiger charge is -2.14. The number of hydrogen-bond donors (Lipinski definition) is 2. The Labute approximate surface area is 162 Å². The molecule has 0 aliphatic rings. The van der Waals surface area contributed by atoms with Crippen molar-refractivity contribution in [2.24, 2.45) is 4.99 Å². The van der Waals surface area contributed by atoms with Gasteiger partial charge in [-0.15, -0.1) is 24.0 Å². The number of nitrogens with zero attached hydrogens (tertiary/aromatic N) is 3. The Morgan fingerprint density at radius 3 is 2.62 bits per heavy atom. The number of aliphatic imine (C=N–C) groups is 1. The molecule has 0 radical (unpaired) electrons. The normalized spacial score (nSPS) is 12.4. The average Bonchev–Trinajstić information content (AvgIpc) is 3.06. The molecule has 6 heteroatoms. The highest BCUT2D eigenvalue weighted by molar-refractivity contribution is 14.0. The van der Waals surface area contributed by atoms with Crippen LogP contribution in [-0.4, -0.2) is 35.4 Å². The molecule has 0 saturated carbocycles. The minimum absolute atomic E-state index is 0. The van der Waals surface area contributed by atoms with Crippen LogP contribution in [0.5, 0.6) is 0 Å². The Morgan fingerprint density at radius 1 is 1.25 bits per heavy atom. The van der Waals surface area contributed by atoms with Gasteiger partial charge in [0.1, 0.15) is 0 Å². The third-order valence-electron chi connectivity index (χ3n) is 3.71. The minimum Gasteiger partial charge on any atom is -0.357 e. The molecule has 2 N–H and O–H groups in total. The van der Waals surface area contributed by atoms with Crippen LogP contribution in [0.1, 0.15) is 30.9 Å². The van der Waals surface area contributed by atoms with E-state index in [2.05, 4.69) is 60.8 Å². The van der Waals surface area contributed by atoms with Gasteiger partial charge in [0.25, 0.3) is 0 Å². The monoisotopic (exact) mass is 441 g/mol. The average molecular weight is 441 g/mol. The molecule has 1 aromatic carbocycles. The summed E-state index contributed by atoms with van der Waals surface area (Å²) < 4.78 is 1.91. The van der Waals surface area contributed by atoms with Crippen molar-refractivity contribution in [2.45, 2.75) is 33.2 Å². The SMILES string of the molecule is CCNC(=NCC(C)c1ccc(C)cc1)NCCn1cccn1.I. The van der Waals surface area contributed by atoms with E-state index in [1.807, 2.05) is 16.9 Å². The van der Waals surface area contributed by atoms with E-state index in [4.69, 9.17) is 4.99 Å². The summed E-state index contributed by atoms with van der Waals surface area (Å²) in [6.07, 6.45) is 3.76. The van der Waals surface area contributed by atoms with Gasteiger partial charge in [-0.3, -0.25) is 9.67 Å². The van der Waals surface area contributed by atoms with Crippen molar-refractivity contribution >= 4 is 29.9 Å². The van der Waals surface area contributed by atoms with E-state index in [-0.39, 0.29) is 24.0 Å². The van der Waals surface area contributed by atoms with Gasteiger partial charge < -0.3 is 10.6 Å². The first-order chi connectivity index (χ1) is 11.2. The third-order valence-corrected chi connectivity index (χ3v) is 3.71. The number of guanidine groups is 1. The Bertz CT molecular complexity index is 592. The van der Waals surface area contributed by atoms with Gasteiger partial charge in [0.2, 0.25) is 0 Å². The molecule has 2 rings (SSSR count). The van der Waals surface area contributed by atoms with Gasteiger partial charge in [-0.2, -0.15) is 5.10 Å². The van der Waals surface area contributed by atoms with Crippen molar-refractivity contribution in [3.05, 3.63) is 53.9 Å². The summed E-state index contributed by atoms with van der Waals surface area (Å²) >= 11 is 0. The fourth-order valence-electron chi connectivity index (χ4n) is 2.29. The first kappa shape index (κ1) is 20.5. The summed E-state index contributed by atoms with van der Waals surface area (Å²) in [7, 11) is 0. The summed E-state index contributed by atoms with van der Waals surface area (Å²) in [6, 6.07) is 10.6. The smallest absolute Gasteiger partial charge is 0.191 e. The molecular weight excluding hydrogens is 413 g/mol. The van der Waals surface area contributed by atoms with Gasteiger partial charge in [-0.1, -0.05) is 36.8 Å². The first-order valence-corrected chi connectivity index (χ1v) is 8.25. The highest BCUT2D eigenvalue weighted by Crippen LogP contribution is 2.15. The van der Waals surface area contributed by atoms with E-state index < -0.39 is 0 Å². The van der Waals surface area contributed by atoms with Gasteiger partial charge in [-0.05, 0) is 25.5 Å². The summed E-state index contributed by atoms with van der Waals surface area (Å²) in [6.45, 7) is 9.64. The van der Waals surface area contributed by atoms with E-state index in [9.17, 15) is 0 Å². The van der Waals surface area contributed by atoms with Crippen LogP contribution in [0.2, 0.25) is 0 Å². The molecule has 0 bridgehead atoms. The molecule has 2 aromatic rings. The number of halogens is 1. The second-order valence-corrected chi connectivity index (χ2v) is 5.73. The largest absolute Gasteiger partial charge is 0.357 e. The maximum atomic E-state index is 4.70.